The van der Waals surface area contributed by atoms with Crippen LogP contribution in [0.4, 0.5) is 8.78 Å². The Bertz CT molecular complexity index is 1290. The van der Waals surface area contributed by atoms with Crippen LogP contribution in [0.1, 0.15) is 52.8 Å². The first kappa shape index (κ1) is 22.8. The van der Waals surface area contributed by atoms with Crippen molar-refractivity contribution >= 4 is 34.3 Å². The van der Waals surface area contributed by atoms with Crippen LogP contribution in [-0.4, -0.2) is 34.4 Å². The van der Waals surface area contributed by atoms with E-state index in [0.717, 1.165) is 25.3 Å². The Hall–Kier alpha value is -2.99. The highest BCUT2D eigenvalue weighted by molar-refractivity contribution is 6.31. The minimum Gasteiger partial charge on any atom is -0.339 e. The zero-order valence-corrected chi connectivity index (χ0v) is 19.4. The van der Waals surface area contributed by atoms with Gasteiger partial charge in [-0.3, -0.25) is 14.2 Å². The van der Waals surface area contributed by atoms with Crippen LogP contribution in [-0.2, 0) is 0 Å². The zero-order chi connectivity index (χ0) is 23.8. The number of halogens is 3. The molecule has 0 spiro atoms. The molecule has 7 heteroatoms. The molecule has 1 atom stereocenters. The van der Waals surface area contributed by atoms with Crippen molar-refractivity contribution in [2.75, 3.05) is 13.1 Å². The van der Waals surface area contributed by atoms with E-state index < -0.39 is 23.1 Å². The molecule has 2 aromatic carbocycles. The molecule has 1 unspecified atom stereocenters. The molecule has 0 N–H and O–H groups in total. The molecule has 34 heavy (non-hydrogen) atoms. The number of nitrogens with zero attached hydrogens (tertiary/aromatic N) is 2. The van der Waals surface area contributed by atoms with Gasteiger partial charge in [-0.15, -0.1) is 0 Å². The van der Waals surface area contributed by atoms with Crippen LogP contribution in [0.2, 0.25) is 5.02 Å². The van der Waals surface area contributed by atoms with Crippen LogP contribution >= 0.6 is 11.6 Å². The highest BCUT2D eigenvalue weighted by Gasteiger charge is 2.30. The van der Waals surface area contributed by atoms with Gasteiger partial charge in [-0.25, -0.2) is 8.78 Å². The Morgan fingerprint density at radius 2 is 1.76 bits per heavy atom. The topological polar surface area (TPSA) is 42.3 Å². The number of hydrogen-bond acceptors (Lipinski definition) is 2. The summed E-state index contributed by atoms with van der Waals surface area (Å²) in [4.78, 5) is 28.5. The first-order valence-electron chi connectivity index (χ1n) is 11.7. The van der Waals surface area contributed by atoms with Crippen LogP contribution in [0.15, 0.2) is 54.7 Å². The van der Waals surface area contributed by atoms with E-state index in [-0.39, 0.29) is 5.91 Å². The second kappa shape index (κ2) is 9.34. The number of carbonyl (C=O) groups excluding carboxylic acids is 2. The van der Waals surface area contributed by atoms with Crippen LogP contribution in [0.5, 0.6) is 0 Å². The predicted octanol–water partition coefficient (Wildman–Crippen LogP) is 6.47. The number of piperidine rings is 1. The van der Waals surface area contributed by atoms with Gasteiger partial charge in [0.05, 0.1) is 16.6 Å². The van der Waals surface area contributed by atoms with Crippen molar-refractivity contribution in [1.82, 2.24) is 9.47 Å². The molecule has 1 aliphatic heterocycles. The van der Waals surface area contributed by atoms with Crippen molar-refractivity contribution < 1.29 is 18.4 Å². The molecule has 2 aliphatic rings. The highest BCUT2D eigenvalue weighted by Crippen LogP contribution is 2.33. The lowest BCUT2D eigenvalue weighted by Crippen LogP contribution is -2.40. The smallest absolute Gasteiger partial charge is 0.265 e. The average Bonchev–Trinajstić information content (AvgIpc) is 3.24. The van der Waals surface area contributed by atoms with Gasteiger partial charge < -0.3 is 4.90 Å². The van der Waals surface area contributed by atoms with Gasteiger partial charge in [0, 0.05) is 29.7 Å². The lowest BCUT2D eigenvalue weighted by atomic mass is 9.79. The molecule has 1 aromatic heterocycles. The molecule has 1 saturated heterocycles. The third-order valence-electron chi connectivity index (χ3n) is 7.12. The van der Waals surface area contributed by atoms with Gasteiger partial charge in [0.1, 0.15) is 0 Å². The van der Waals surface area contributed by atoms with Gasteiger partial charge >= 0.3 is 0 Å². The second-order valence-corrected chi connectivity index (χ2v) is 9.57. The predicted molar refractivity (Wildman–Crippen MR) is 128 cm³/mol. The average molecular weight is 483 g/mol. The molecule has 1 amide bonds. The molecule has 2 heterocycles. The van der Waals surface area contributed by atoms with E-state index in [4.69, 9.17) is 11.6 Å². The maximum Gasteiger partial charge on any atom is 0.265 e. The third-order valence-corrected chi connectivity index (χ3v) is 7.36. The minimum absolute atomic E-state index is 0.170. The van der Waals surface area contributed by atoms with Gasteiger partial charge in [-0.05, 0) is 68.2 Å². The van der Waals surface area contributed by atoms with Crippen molar-refractivity contribution in [2.45, 2.75) is 32.1 Å². The summed E-state index contributed by atoms with van der Waals surface area (Å²) < 4.78 is 29.3. The maximum atomic E-state index is 14.3. The Labute approximate surface area is 201 Å². The number of likely N-dealkylation sites (tertiary alicyclic amines) is 1. The lowest BCUT2D eigenvalue weighted by molar-refractivity contribution is 0.0668. The molecule has 4 nitrogen and oxygen atoms in total. The number of amides is 1. The van der Waals surface area contributed by atoms with Gasteiger partial charge in [-0.2, -0.15) is 0 Å². The standard InChI is InChI=1S/C27H25ClF2N2O2/c28-19-9-10-20-22(26(33)31-13-11-18(12-14-31)17-5-2-1-3-6-17)16-32(24(20)15-19)27(34)21-7-4-8-23(29)25(21)30/h2,4-5,7-10,15-18H,1,3,6,11-14H2. The van der Waals surface area contributed by atoms with E-state index in [1.165, 1.54) is 35.7 Å². The number of benzene rings is 2. The number of aromatic nitrogens is 1. The molecule has 1 fully saturated rings. The lowest BCUT2D eigenvalue weighted by Gasteiger charge is -2.36. The summed E-state index contributed by atoms with van der Waals surface area (Å²) in [5.41, 5.74) is 0.330. The SMILES string of the molecule is O=C(c1cn(C(=O)c2cccc(F)c2F)c2cc(Cl)ccc12)N1CCC(C2C=CCCC2)CC1. The Morgan fingerprint density at radius 1 is 0.971 bits per heavy atom. The van der Waals surface area contributed by atoms with Gasteiger partial charge in [0.25, 0.3) is 11.8 Å². The van der Waals surface area contributed by atoms with E-state index in [2.05, 4.69) is 12.2 Å². The Morgan fingerprint density at radius 3 is 2.50 bits per heavy atom. The van der Waals surface area contributed by atoms with Crippen LogP contribution < -0.4 is 0 Å². The van der Waals surface area contributed by atoms with Gasteiger partial charge in [-0.1, -0.05) is 35.9 Å². The normalized spacial score (nSPS) is 19.0. The van der Waals surface area contributed by atoms with Crippen LogP contribution in [0.25, 0.3) is 10.9 Å². The molecular formula is C27H25ClF2N2O2. The summed E-state index contributed by atoms with van der Waals surface area (Å²) in [5, 5.41) is 0.927. The molecular weight excluding hydrogens is 458 g/mol. The van der Waals surface area contributed by atoms with Crippen molar-refractivity contribution in [3.05, 3.63) is 82.5 Å². The quantitative estimate of drug-likeness (QED) is 0.401. The fourth-order valence-electron chi connectivity index (χ4n) is 5.27. The minimum atomic E-state index is -1.22. The fraction of sp³-hybridized carbons (Fsp3) is 0.333. The first-order valence-corrected chi connectivity index (χ1v) is 12.1. The number of rotatable bonds is 3. The van der Waals surface area contributed by atoms with E-state index in [1.807, 2.05) is 4.90 Å². The Balaban J connectivity index is 1.44. The molecule has 5 rings (SSSR count). The van der Waals surface area contributed by atoms with E-state index in [0.29, 0.717) is 46.4 Å². The van der Waals surface area contributed by atoms with Crippen molar-refractivity contribution in [3.63, 3.8) is 0 Å². The largest absolute Gasteiger partial charge is 0.339 e. The number of allylic oxidation sites excluding steroid dienone is 2. The molecule has 0 radical (unpaired) electrons. The van der Waals surface area contributed by atoms with Gasteiger partial charge in [0.15, 0.2) is 11.6 Å². The number of fused-ring (bicyclic) bond motifs is 1. The Kier molecular flexibility index (Phi) is 6.26. The summed E-state index contributed by atoms with van der Waals surface area (Å²) >= 11 is 6.17. The fourth-order valence-corrected chi connectivity index (χ4v) is 5.44. The highest BCUT2D eigenvalue weighted by atomic mass is 35.5. The summed E-state index contributed by atoms with van der Waals surface area (Å²) in [6.45, 7) is 1.31. The molecule has 176 valence electrons. The number of hydrogen-bond donors (Lipinski definition) is 0. The van der Waals surface area contributed by atoms with Crippen LogP contribution in [0.3, 0.4) is 0 Å². The second-order valence-electron chi connectivity index (χ2n) is 9.13. The summed E-state index contributed by atoms with van der Waals surface area (Å²) in [6, 6.07) is 8.37. The first-order chi connectivity index (χ1) is 16.4. The molecule has 3 aromatic rings. The van der Waals surface area contributed by atoms with E-state index >= 15 is 0 Å². The summed E-state index contributed by atoms with van der Waals surface area (Å²) in [6.07, 6.45) is 11.5. The summed E-state index contributed by atoms with van der Waals surface area (Å²) in [7, 11) is 0. The number of carbonyl (C=O) groups is 2. The van der Waals surface area contributed by atoms with Crippen molar-refractivity contribution in [1.29, 1.82) is 0 Å². The van der Waals surface area contributed by atoms with Gasteiger partial charge in [0.2, 0.25) is 0 Å². The summed E-state index contributed by atoms with van der Waals surface area (Å²) in [5.74, 6) is -2.08. The molecule has 0 saturated carbocycles. The monoisotopic (exact) mass is 482 g/mol. The zero-order valence-electron chi connectivity index (χ0n) is 18.6. The maximum absolute atomic E-state index is 14.3. The third kappa shape index (κ3) is 4.16. The van der Waals surface area contributed by atoms with Crippen molar-refractivity contribution in [2.24, 2.45) is 11.8 Å². The molecule has 0 bridgehead atoms. The van der Waals surface area contributed by atoms with Crippen molar-refractivity contribution in [3.8, 4) is 0 Å². The molecule has 1 aliphatic carbocycles. The van der Waals surface area contributed by atoms with E-state index in [9.17, 15) is 18.4 Å². The van der Waals surface area contributed by atoms with Crippen LogP contribution in [0, 0.1) is 23.5 Å². The van der Waals surface area contributed by atoms with E-state index in [1.54, 1.807) is 18.2 Å².